The van der Waals surface area contributed by atoms with Crippen LogP contribution in [0.15, 0.2) is 27.6 Å². The second-order valence-corrected chi connectivity index (χ2v) is 7.82. The molecule has 0 aliphatic heterocycles. The van der Waals surface area contributed by atoms with Crippen molar-refractivity contribution >= 4 is 37.6 Å². The van der Waals surface area contributed by atoms with E-state index in [0.29, 0.717) is 16.0 Å². The van der Waals surface area contributed by atoms with E-state index in [0.717, 1.165) is 25.7 Å². The molecular formula is C12H16BrClN2O2S. The highest BCUT2D eigenvalue weighted by atomic mass is 79.9. The number of benzene rings is 1. The standard InChI is InChI=1S/C12H16BrClN2O2S/c13-10-4-3-9(7-11(10)14)19(17,18)16-12(8-15)5-1-2-6-12/h3-4,7,16H,1-2,5-6,8,15H2. The minimum atomic E-state index is -3.59. The molecule has 1 aliphatic rings. The van der Waals surface area contributed by atoms with E-state index in [2.05, 4.69) is 20.7 Å². The normalized spacial score (nSPS) is 18.7. The molecule has 0 saturated heterocycles. The van der Waals surface area contributed by atoms with E-state index >= 15 is 0 Å². The molecule has 0 amide bonds. The number of halogens is 2. The van der Waals surface area contributed by atoms with Gasteiger partial charge >= 0.3 is 0 Å². The lowest BCUT2D eigenvalue weighted by molar-refractivity contribution is 0.399. The smallest absolute Gasteiger partial charge is 0.241 e. The molecule has 0 radical (unpaired) electrons. The Kier molecular flexibility index (Phi) is 4.57. The predicted molar refractivity (Wildman–Crippen MR) is 79.7 cm³/mol. The molecule has 1 aromatic rings. The minimum absolute atomic E-state index is 0.167. The summed E-state index contributed by atoms with van der Waals surface area (Å²) in [7, 11) is -3.59. The Morgan fingerprint density at radius 2 is 2.00 bits per heavy atom. The van der Waals surface area contributed by atoms with Crippen LogP contribution in [0.3, 0.4) is 0 Å². The summed E-state index contributed by atoms with van der Waals surface area (Å²) in [5.41, 5.74) is 5.25. The molecule has 0 spiro atoms. The van der Waals surface area contributed by atoms with Gasteiger partial charge in [-0.05, 0) is 47.0 Å². The number of nitrogens with one attached hydrogen (secondary N) is 1. The molecule has 0 heterocycles. The van der Waals surface area contributed by atoms with E-state index in [1.54, 1.807) is 6.07 Å². The lowest BCUT2D eigenvalue weighted by Crippen LogP contribution is -2.51. The van der Waals surface area contributed by atoms with Gasteiger partial charge in [-0.1, -0.05) is 24.4 Å². The van der Waals surface area contributed by atoms with E-state index in [1.165, 1.54) is 12.1 Å². The van der Waals surface area contributed by atoms with Gasteiger partial charge in [-0.2, -0.15) is 0 Å². The van der Waals surface area contributed by atoms with Crippen LogP contribution in [0, 0.1) is 0 Å². The number of nitrogens with two attached hydrogens (primary N) is 1. The summed E-state index contributed by atoms with van der Waals surface area (Å²) >= 11 is 9.18. The summed E-state index contributed by atoms with van der Waals surface area (Å²) in [6.45, 7) is 0.316. The SMILES string of the molecule is NCC1(NS(=O)(=O)c2ccc(Br)c(Cl)c2)CCCC1. The van der Waals surface area contributed by atoms with Crippen LogP contribution < -0.4 is 10.5 Å². The first kappa shape index (κ1) is 15.3. The summed E-state index contributed by atoms with van der Waals surface area (Å²) in [5.74, 6) is 0. The molecule has 0 unspecified atom stereocenters. The van der Waals surface area contributed by atoms with Crippen LogP contribution in [0.5, 0.6) is 0 Å². The average molecular weight is 368 g/mol. The van der Waals surface area contributed by atoms with Gasteiger partial charge in [-0.3, -0.25) is 0 Å². The van der Waals surface area contributed by atoms with Crippen LogP contribution in [0.1, 0.15) is 25.7 Å². The second-order valence-electron chi connectivity index (χ2n) is 4.87. The zero-order chi connectivity index (χ0) is 14.1. The Labute approximate surface area is 126 Å². The zero-order valence-electron chi connectivity index (χ0n) is 10.3. The largest absolute Gasteiger partial charge is 0.329 e. The topological polar surface area (TPSA) is 72.2 Å². The van der Waals surface area contributed by atoms with Gasteiger partial charge in [-0.15, -0.1) is 0 Å². The summed E-state index contributed by atoms with van der Waals surface area (Å²) < 4.78 is 28.2. The Hall–Kier alpha value is -0.140. The van der Waals surface area contributed by atoms with E-state index < -0.39 is 15.6 Å². The first-order valence-corrected chi connectivity index (χ1v) is 8.73. The molecule has 1 saturated carbocycles. The van der Waals surface area contributed by atoms with Crippen LogP contribution in [-0.2, 0) is 10.0 Å². The Morgan fingerprint density at radius 1 is 1.37 bits per heavy atom. The molecule has 0 aromatic heterocycles. The molecule has 0 atom stereocenters. The fourth-order valence-electron chi connectivity index (χ4n) is 2.39. The maximum atomic E-state index is 12.4. The van der Waals surface area contributed by atoms with Gasteiger partial charge in [0.1, 0.15) is 0 Å². The van der Waals surface area contributed by atoms with Crippen molar-refractivity contribution in [3.05, 3.63) is 27.7 Å². The first-order valence-electron chi connectivity index (χ1n) is 6.08. The molecule has 3 N–H and O–H groups in total. The number of hydrogen-bond acceptors (Lipinski definition) is 3. The fourth-order valence-corrected chi connectivity index (χ4v) is 4.38. The van der Waals surface area contributed by atoms with Crippen LogP contribution in [0.2, 0.25) is 5.02 Å². The molecule has 0 bridgehead atoms. The van der Waals surface area contributed by atoms with Crippen molar-refractivity contribution in [3.63, 3.8) is 0 Å². The zero-order valence-corrected chi connectivity index (χ0v) is 13.5. The van der Waals surface area contributed by atoms with Crippen molar-refractivity contribution in [2.75, 3.05) is 6.54 Å². The van der Waals surface area contributed by atoms with Crippen molar-refractivity contribution in [2.45, 2.75) is 36.1 Å². The Bertz CT molecular complexity index is 571. The third-order valence-electron chi connectivity index (χ3n) is 3.50. The van der Waals surface area contributed by atoms with Gasteiger partial charge in [0.2, 0.25) is 10.0 Å². The Morgan fingerprint density at radius 3 is 2.53 bits per heavy atom. The maximum absolute atomic E-state index is 12.4. The molecule has 7 heteroatoms. The summed E-state index contributed by atoms with van der Waals surface area (Å²) in [5, 5.41) is 0.371. The minimum Gasteiger partial charge on any atom is -0.329 e. The summed E-state index contributed by atoms with van der Waals surface area (Å²) in [6.07, 6.45) is 3.57. The highest BCUT2D eigenvalue weighted by molar-refractivity contribution is 9.10. The highest BCUT2D eigenvalue weighted by Crippen LogP contribution is 2.31. The van der Waals surface area contributed by atoms with E-state index in [1.807, 2.05) is 0 Å². The van der Waals surface area contributed by atoms with E-state index in [9.17, 15) is 8.42 Å². The fraction of sp³-hybridized carbons (Fsp3) is 0.500. The van der Waals surface area contributed by atoms with Gasteiger partial charge in [0.25, 0.3) is 0 Å². The maximum Gasteiger partial charge on any atom is 0.241 e. The monoisotopic (exact) mass is 366 g/mol. The van der Waals surface area contributed by atoms with Gasteiger partial charge in [0.05, 0.1) is 9.92 Å². The average Bonchev–Trinajstić information content (AvgIpc) is 2.81. The van der Waals surface area contributed by atoms with Crippen LogP contribution >= 0.6 is 27.5 Å². The van der Waals surface area contributed by atoms with Gasteiger partial charge in [0, 0.05) is 16.6 Å². The van der Waals surface area contributed by atoms with Crippen LogP contribution in [0.25, 0.3) is 0 Å². The Balaban J connectivity index is 2.29. The van der Waals surface area contributed by atoms with Crippen LogP contribution in [0.4, 0.5) is 0 Å². The van der Waals surface area contributed by atoms with Crippen LogP contribution in [-0.4, -0.2) is 20.5 Å². The van der Waals surface area contributed by atoms with Crippen molar-refractivity contribution in [3.8, 4) is 0 Å². The van der Waals surface area contributed by atoms with Crippen molar-refractivity contribution < 1.29 is 8.42 Å². The van der Waals surface area contributed by atoms with Gasteiger partial charge < -0.3 is 5.73 Å². The van der Waals surface area contributed by atoms with Gasteiger partial charge in [0.15, 0.2) is 0 Å². The summed E-state index contributed by atoms with van der Waals surface area (Å²) in [4.78, 5) is 0.167. The molecule has 106 valence electrons. The third kappa shape index (κ3) is 3.31. The molecule has 1 fully saturated rings. The van der Waals surface area contributed by atoms with Crippen molar-refractivity contribution in [1.82, 2.24) is 4.72 Å². The highest BCUT2D eigenvalue weighted by Gasteiger charge is 2.36. The second kappa shape index (κ2) is 5.69. The lowest BCUT2D eigenvalue weighted by atomic mass is 10.0. The van der Waals surface area contributed by atoms with Crippen molar-refractivity contribution in [1.29, 1.82) is 0 Å². The molecule has 2 rings (SSSR count). The number of rotatable bonds is 4. The summed E-state index contributed by atoms with van der Waals surface area (Å²) in [6, 6.07) is 4.59. The first-order chi connectivity index (χ1) is 8.88. The molecular weight excluding hydrogens is 352 g/mol. The number of sulfonamides is 1. The molecule has 1 aliphatic carbocycles. The number of hydrogen-bond donors (Lipinski definition) is 2. The molecule has 19 heavy (non-hydrogen) atoms. The van der Waals surface area contributed by atoms with Gasteiger partial charge in [-0.25, -0.2) is 13.1 Å². The lowest BCUT2D eigenvalue weighted by Gasteiger charge is -2.28. The third-order valence-corrected chi connectivity index (χ3v) is 6.31. The van der Waals surface area contributed by atoms with Crippen molar-refractivity contribution in [2.24, 2.45) is 5.73 Å². The molecule has 1 aromatic carbocycles. The predicted octanol–water partition coefficient (Wildman–Crippen LogP) is 2.65. The van der Waals surface area contributed by atoms with E-state index in [-0.39, 0.29) is 4.90 Å². The quantitative estimate of drug-likeness (QED) is 0.859. The molecule has 4 nitrogen and oxygen atoms in total. The van der Waals surface area contributed by atoms with E-state index in [4.69, 9.17) is 17.3 Å².